The number of esters is 5. The van der Waals surface area contributed by atoms with Gasteiger partial charge in [-0.2, -0.15) is 14.3 Å². The van der Waals surface area contributed by atoms with Gasteiger partial charge in [-0.25, -0.2) is 0 Å². The molecule has 2 saturated heterocycles. The number of phosphoric ester groups is 1. The minimum atomic E-state index is -5.68. The van der Waals surface area contributed by atoms with Crippen molar-refractivity contribution in [3.63, 3.8) is 0 Å². The van der Waals surface area contributed by atoms with E-state index in [4.69, 9.17) is 42.4 Å². The second kappa shape index (κ2) is 78.0. The molecule has 0 aromatic carbocycles. The fourth-order valence-corrected chi connectivity index (χ4v) is 18.9. The number of unbranched alkanes of at least 4 members (excludes halogenated alkanes) is 44. The lowest BCUT2D eigenvalue weighted by molar-refractivity contribution is -0.307. The van der Waals surface area contributed by atoms with Crippen LogP contribution in [0.3, 0.4) is 0 Å². The molecule has 0 aromatic heterocycles. The van der Waals surface area contributed by atoms with E-state index in [0.717, 1.165) is 289 Å². The maximum Gasteiger partial charge on any atom is 0.374 e. The van der Waals surface area contributed by atoms with Gasteiger partial charge in [-0.1, -0.05) is 424 Å². The van der Waals surface area contributed by atoms with Crippen LogP contribution in [-0.2, 0) is 76.0 Å². The molecule has 0 bridgehead atoms. The molecule has 0 spiro atoms. The monoisotopic (exact) mass is 1900 g/mol. The number of ether oxygens (including phenoxy) is 8. The number of carbonyl (C=O) groups excluding carboxylic acids is 7. The fourth-order valence-electron chi connectivity index (χ4n) is 18.4. The molecule has 26 heteroatoms. The summed E-state index contributed by atoms with van der Waals surface area (Å²) in [5.74, 6) is -8.05. The fraction of sp³-hybridized carbons (Fsp3) is 0.934. The molecular weight excluding hydrogens is 1700 g/mol. The highest BCUT2D eigenvalue weighted by molar-refractivity contribution is 7.51. The second-order valence-corrected chi connectivity index (χ2v) is 41.5. The van der Waals surface area contributed by atoms with E-state index in [1.807, 2.05) is 41.5 Å². The summed E-state index contributed by atoms with van der Waals surface area (Å²) in [6.45, 7) is 26.3. The third-order valence-electron chi connectivity index (χ3n) is 27.8. The molecule has 2 rings (SSSR count). The number of hydrogen-bond acceptors (Lipinski definition) is 23. The van der Waals surface area contributed by atoms with Gasteiger partial charge in [0.15, 0.2) is 30.9 Å². The van der Waals surface area contributed by atoms with Gasteiger partial charge in [0.1, 0.15) is 48.7 Å². The van der Waals surface area contributed by atoms with Crippen molar-refractivity contribution < 1.29 is 111 Å². The third-order valence-corrected chi connectivity index (χ3v) is 28.3. The Morgan fingerprint density at radius 2 is 0.629 bits per heavy atom. The molecule has 2 fully saturated rings. The number of aliphatic hydroxyl groups excluding tert-OH is 4. The Kier molecular flexibility index (Phi) is 73.5. The predicted molar refractivity (Wildman–Crippen MR) is 524 cm³/mol. The summed E-state index contributed by atoms with van der Waals surface area (Å²) in [6.07, 6.45) is 35.5. The molecule has 0 saturated carbocycles. The van der Waals surface area contributed by atoms with Crippen LogP contribution in [0.25, 0.3) is 0 Å². The summed E-state index contributed by atoms with van der Waals surface area (Å²) in [7, 11) is -5.68. The highest BCUT2D eigenvalue weighted by Gasteiger charge is 2.56. The van der Waals surface area contributed by atoms with Gasteiger partial charge >= 0.3 is 38.0 Å². The molecule has 0 aliphatic carbocycles. The Morgan fingerprint density at radius 1 is 0.348 bits per heavy atom. The van der Waals surface area contributed by atoms with Crippen molar-refractivity contribution in [3.05, 3.63) is 0 Å². The highest BCUT2D eigenvalue weighted by atomic mass is 31.2. The number of rotatable bonds is 86. The van der Waals surface area contributed by atoms with Gasteiger partial charge in [-0.15, -0.1) is 0 Å². The molecule has 25 nitrogen and oxygen atoms in total. The summed E-state index contributed by atoms with van der Waals surface area (Å²) in [5, 5.41) is 53.9. The zero-order valence-corrected chi connectivity index (χ0v) is 86.8. The minimum absolute atomic E-state index is 0.301. The Bertz CT molecular complexity index is 2880. The zero-order valence-electron chi connectivity index (χ0n) is 85.9. The molecule has 776 valence electrons. The van der Waals surface area contributed by atoms with Crippen molar-refractivity contribution in [2.75, 3.05) is 13.2 Å². The summed E-state index contributed by atoms with van der Waals surface area (Å²) in [6, 6.07) is -3.58. The summed E-state index contributed by atoms with van der Waals surface area (Å²) < 4.78 is 56.4. The molecular formula is C106H199N2O23P. The molecule has 8 N–H and O–H groups in total. The van der Waals surface area contributed by atoms with E-state index in [9.17, 15) is 59.1 Å². The van der Waals surface area contributed by atoms with Gasteiger partial charge in [0, 0.05) is 0 Å². The van der Waals surface area contributed by atoms with E-state index in [0.29, 0.717) is 44.9 Å². The molecule has 21 atom stereocenters. The molecule has 2 aliphatic rings. The number of aliphatic hydroxyl groups is 4. The third kappa shape index (κ3) is 57.7. The first-order valence-corrected chi connectivity index (χ1v) is 55.9. The van der Waals surface area contributed by atoms with Crippen LogP contribution in [0.15, 0.2) is 0 Å². The average Bonchev–Trinajstić information content (AvgIpc) is 0.761. The van der Waals surface area contributed by atoms with Crippen LogP contribution in [-0.4, -0.2) is 171 Å². The largest absolute Gasteiger partial charge is 0.606 e. The van der Waals surface area contributed by atoms with Crippen LogP contribution in [0.1, 0.15) is 495 Å². The Labute approximate surface area is 802 Å². The zero-order chi connectivity index (χ0) is 97.7. The lowest BCUT2D eigenvalue weighted by Gasteiger charge is -2.46. The van der Waals surface area contributed by atoms with Crippen molar-refractivity contribution in [1.29, 1.82) is 0 Å². The molecule has 2 aliphatic heterocycles. The van der Waals surface area contributed by atoms with Crippen molar-refractivity contribution in [2.24, 2.45) is 41.4 Å². The van der Waals surface area contributed by atoms with Crippen LogP contribution < -0.4 is 15.5 Å². The number of hydrogen-bond donors (Lipinski definition) is 8. The molecule has 21 unspecified atom stereocenters. The maximum absolute atomic E-state index is 15.5. The van der Waals surface area contributed by atoms with Crippen molar-refractivity contribution in [1.82, 2.24) is 10.6 Å². The Morgan fingerprint density at radius 3 is 0.947 bits per heavy atom. The first kappa shape index (κ1) is 124. The lowest BCUT2D eigenvalue weighted by atomic mass is 9.92. The smallest absolute Gasteiger partial charge is 0.374 e. The molecule has 132 heavy (non-hydrogen) atoms. The quantitative estimate of drug-likeness (QED) is 0.0121. The lowest BCUT2D eigenvalue weighted by Crippen LogP contribution is -2.68. The molecule has 2 amide bonds. The van der Waals surface area contributed by atoms with Gasteiger partial charge in [-0.3, -0.25) is 33.6 Å². The summed E-state index contributed by atoms with van der Waals surface area (Å²) in [4.78, 5) is 138. The van der Waals surface area contributed by atoms with Gasteiger partial charge in [0.05, 0.1) is 62.8 Å². The van der Waals surface area contributed by atoms with Gasteiger partial charge < -0.3 is 73.8 Å². The molecule has 0 aromatic rings. The van der Waals surface area contributed by atoms with E-state index in [2.05, 4.69) is 59.1 Å². The van der Waals surface area contributed by atoms with Crippen LogP contribution in [0.2, 0.25) is 0 Å². The topological polar surface area (TPSA) is 371 Å². The number of phosphoric acid groups is 1. The van der Waals surface area contributed by atoms with Crippen molar-refractivity contribution in [3.8, 4) is 0 Å². The normalized spacial score (nSPS) is 21.4. The van der Waals surface area contributed by atoms with E-state index in [1.54, 1.807) is 6.92 Å². The first-order chi connectivity index (χ1) is 63.4. The minimum Gasteiger partial charge on any atom is -0.606 e. The van der Waals surface area contributed by atoms with E-state index in [1.165, 1.54) is 38.5 Å². The van der Waals surface area contributed by atoms with E-state index in [-0.39, 0.29) is 18.3 Å². The van der Waals surface area contributed by atoms with E-state index < -0.39 is 198 Å². The highest BCUT2D eigenvalue weighted by Crippen LogP contribution is 2.46. The SMILES string of the molecule is CCCCCCCCCCCC(C)C(=O)OC(CC(=O)OC1C(NC(=O)CC(OC(=O)C(C)CCCCCCCCC)C(C)CCCCCCCCC)C(OCC2OC(O)C(NC(=O)CC(OC(=O)C(C)CCCCCCCCC)C(C)CCCCCCCCC)C(OC(=O)CC(O)C(C)CCCCCCCCC)C2O)OC(CO)C1O[P+]([O-])(O)O)C(C)CCCCCCCCC. The van der Waals surface area contributed by atoms with Crippen molar-refractivity contribution in [2.45, 2.75) is 581 Å². The standard InChI is InChI=1S/C106H199N2O23P/c1-15-22-29-36-43-44-51-58-65-72-85(14)104(118)126-89(82(11)69-62-55-48-40-33-26-19-5)76-95(114)130-101-97(108-93(112)75-88(81(10)68-61-54-47-39-32-25-18-4)125-103(117)84(13)71-64-57-50-42-35-28-21-7)106(128-90(77-109)99(101)131-132(120,121)122)123-78-91-98(115)100(129-94(113)73-86(110)79(8)66-59-52-45-37-30-23-16-2)96(105(119)127-91)107-92(111)74-87(80(9)67-60-53-46-38-31-24-17-3)124-102(116)83(12)70-63-56-49-41-34-27-20-6/h79-91,96-101,105-106,109-110,115,119H,15-78H2,1-14H3,(H,107,111)(H,108,112)(H2,120,121,122). The van der Waals surface area contributed by atoms with E-state index >= 15 is 9.59 Å². The molecule has 2 heterocycles. The Hall–Kier alpha value is -3.72. The maximum atomic E-state index is 15.5. The van der Waals surface area contributed by atoms with Gasteiger partial charge in [0.25, 0.3) is 0 Å². The van der Waals surface area contributed by atoms with Gasteiger partial charge in [-0.05, 0) is 68.6 Å². The van der Waals surface area contributed by atoms with Crippen LogP contribution in [0.4, 0.5) is 0 Å². The molecule has 0 radical (unpaired) electrons. The van der Waals surface area contributed by atoms with Gasteiger partial charge in [0.2, 0.25) is 11.8 Å². The number of carbonyl (C=O) groups is 7. The first-order valence-electron chi connectivity index (χ1n) is 54.3. The Balaban J connectivity index is 2.98. The second-order valence-electron chi connectivity index (χ2n) is 40.3. The van der Waals surface area contributed by atoms with Crippen molar-refractivity contribution >= 4 is 49.8 Å². The summed E-state index contributed by atoms with van der Waals surface area (Å²) in [5.41, 5.74) is 0. The van der Waals surface area contributed by atoms with Crippen LogP contribution >= 0.6 is 8.17 Å². The van der Waals surface area contributed by atoms with Crippen LogP contribution in [0, 0.1) is 41.4 Å². The number of amides is 2. The summed E-state index contributed by atoms with van der Waals surface area (Å²) >= 11 is 0. The predicted octanol–water partition coefficient (Wildman–Crippen LogP) is 22.9. The number of nitrogens with one attached hydrogen (secondary N) is 2. The van der Waals surface area contributed by atoms with Crippen LogP contribution in [0.5, 0.6) is 0 Å². The average molecular weight is 1900 g/mol.